The van der Waals surface area contributed by atoms with Crippen molar-refractivity contribution in [2.45, 2.75) is 6.92 Å². The zero-order chi connectivity index (χ0) is 17.6. The average Bonchev–Trinajstić information content (AvgIpc) is 2.54. The monoisotopic (exact) mass is 346 g/mol. The van der Waals surface area contributed by atoms with Crippen molar-refractivity contribution >= 4 is 27.8 Å². The van der Waals surface area contributed by atoms with Crippen LogP contribution in [-0.4, -0.2) is 38.3 Å². The molecule has 0 aliphatic carbocycles. The van der Waals surface area contributed by atoms with Gasteiger partial charge in [-0.05, 0) is 25.1 Å². The molecule has 0 radical (unpaired) electrons. The number of anilines is 1. The lowest BCUT2D eigenvalue weighted by molar-refractivity contribution is -0.119. The molecule has 1 N–H and O–H groups in total. The summed E-state index contributed by atoms with van der Waals surface area (Å²) in [7, 11) is -3.59. The number of rotatable bonds is 6. The Balaban J connectivity index is 2.05. The summed E-state index contributed by atoms with van der Waals surface area (Å²) < 4.78 is 24.9. The number of aryl methyl sites for hydroxylation is 1. The summed E-state index contributed by atoms with van der Waals surface area (Å²) in [6, 6.07) is 10.4. The molecule has 1 amide bonds. The third-order valence-electron chi connectivity index (χ3n) is 3.10. The van der Waals surface area contributed by atoms with Crippen molar-refractivity contribution in [2.75, 3.05) is 17.1 Å². The molecule has 0 fully saturated rings. The van der Waals surface area contributed by atoms with Crippen molar-refractivity contribution < 1.29 is 13.2 Å². The first-order chi connectivity index (χ1) is 11.4. The maximum Gasteiger partial charge on any atom is 0.260 e. The molecule has 24 heavy (non-hydrogen) atoms. The van der Waals surface area contributed by atoms with Crippen LogP contribution in [0.25, 0.3) is 0 Å². The molecular formula is C16H18N4O3S. The third kappa shape index (κ3) is 5.17. The largest absolute Gasteiger partial charge is 0.271 e. The molecule has 0 spiro atoms. The molecule has 7 nitrogen and oxygen atoms in total. The van der Waals surface area contributed by atoms with E-state index in [0.717, 1.165) is 21.7 Å². The first kappa shape index (κ1) is 17.6. The predicted molar refractivity (Wildman–Crippen MR) is 93.3 cm³/mol. The van der Waals surface area contributed by atoms with E-state index in [4.69, 9.17) is 0 Å². The zero-order valence-electron chi connectivity index (χ0n) is 13.4. The number of hydrogen-bond acceptors (Lipinski definition) is 5. The lowest BCUT2D eigenvalue weighted by Crippen LogP contribution is -2.39. The third-order valence-corrected chi connectivity index (χ3v) is 4.24. The molecule has 0 aliphatic heterocycles. The van der Waals surface area contributed by atoms with Gasteiger partial charge in [-0.3, -0.25) is 14.1 Å². The molecule has 2 aromatic rings. The Bertz CT molecular complexity index is 818. The second kappa shape index (κ2) is 7.69. The number of aromatic nitrogens is 1. The minimum absolute atomic E-state index is 0.355. The minimum Gasteiger partial charge on any atom is -0.271 e. The van der Waals surface area contributed by atoms with E-state index >= 15 is 0 Å². The lowest BCUT2D eigenvalue weighted by Gasteiger charge is -2.21. The molecular weight excluding hydrogens is 328 g/mol. The minimum atomic E-state index is -3.59. The summed E-state index contributed by atoms with van der Waals surface area (Å²) in [5, 5.41) is 3.80. The SMILES string of the molecule is Cc1ccc(N(CC(=O)N/N=C\c2cccnc2)S(C)(=O)=O)cc1. The van der Waals surface area contributed by atoms with Crippen LogP contribution in [0.1, 0.15) is 11.1 Å². The van der Waals surface area contributed by atoms with E-state index in [1.807, 2.05) is 6.92 Å². The number of sulfonamides is 1. The van der Waals surface area contributed by atoms with Gasteiger partial charge in [-0.15, -0.1) is 0 Å². The number of nitrogens with one attached hydrogen (secondary N) is 1. The highest BCUT2D eigenvalue weighted by Gasteiger charge is 2.20. The van der Waals surface area contributed by atoms with E-state index in [1.54, 1.807) is 48.8 Å². The Kier molecular flexibility index (Phi) is 5.64. The van der Waals surface area contributed by atoms with Crippen LogP contribution < -0.4 is 9.73 Å². The maximum atomic E-state index is 12.0. The highest BCUT2D eigenvalue weighted by molar-refractivity contribution is 7.92. The molecule has 0 saturated heterocycles. The van der Waals surface area contributed by atoms with Gasteiger partial charge in [0.15, 0.2) is 0 Å². The van der Waals surface area contributed by atoms with Crippen LogP contribution in [-0.2, 0) is 14.8 Å². The number of nitrogens with zero attached hydrogens (tertiary/aromatic N) is 3. The quantitative estimate of drug-likeness (QED) is 0.630. The van der Waals surface area contributed by atoms with Gasteiger partial charge in [0.2, 0.25) is 10.0 Å². The molecule has 126 valence electrons. The van der Waals surface area contributed by atoms with Crippen LogP contribution in [0.15, 0.2) is 53.9 Å². The van der Waals surface area contributed by atoms with Crippen LogP contribution >= 0.6 is 0 Å². The Labute approximate surface area is 141 Å². The number of hydrazone groups is 1. The average molecular weight is 346 g/mol. The van der Waals surface area contributed by atoms with E-state index in [9.17, 15) is 13.2 Å². The summed E-state index contributed by atoms with van der Waals surface area (Å²) >= 11 is 0. The lowest BCUT2D eigenvalue weighted by atomic mass is 10.2. The normalized spacial score (nSPS) is 11.4. The molecule has 0 atom stereocenters. The summed E-state index contributed by atoms with van der Waals surface area (Å²) in [5.41, 5.74) is 4.45. The van der Waals surface area contributed by atoms with Crippen molar-refractivity contribution in [3.8, 4) is 0 Å². The predicted octanol–water partition coefficient (Wildman–Crippen LogP) is 1.31. The molecule has 1 aromatic heterocycles. The summed E-state index contributed by atoms with van der Waals surface area (Å²) in [6.07, 6.45) is 5.70. The van der Waals surface area contributed by atoms with Crippen molar-refractivity contribution in [3.63, 3.8) is 0 Å². The van der Waals surface area contributed by atoms with Crippen molar-refractivity contribution in [3.05, 3.63) is 59.9 Å². The van der Waals surface area contributed by atoms with Crippen LogP contribution in [0.3, 0.4) is 0 Å². The highest BCUT2D eigenvalue weighted by atomic mass is 32.2. The Morgan fingerprint density at radius 1 is 1.29 bits per heavy atom. The summed E-state index contributed by atoms with van der Waals surface area (Å²) in [4.78, 5) is 15.9. The van der Waals surface area contributed by atoms with E-state index in [1.165, 1.54) is 6.21 Å². The fourth-order valence-electron chi connectivity index (χ4n) is 1.91. The van der Waals surface area contributed by atoms with Gasteiger partial charge >= 0.3 is 0 Å². The van der Waals surface area contributed by atoms with Gasteiger partial charge in [0.05, 0.1) is 18.2 Å². The number of amides is 1. The molecule has 0 aliphatic rings. The van der Waals surface area contributed by atoms with Gasteiger partial charge in [-0.2, -0.15) is 5.10 Å². The Morgan fingerprint density at radius 2 is 2.00 bits per heavy atom. The Hall–Kier alpha value is -2.74. The first-order valence-corrected chi connectivity index (χ1v) is 8.97. The Morgan fingerprint density at radius 3 is 2.58 bits per heavy atom. The number of pyridine rings is 1. The topological polar surface area (TPSA) is 91.7 Å². The van der Waals surface area contributed by atoms with Crippen LogP contribution in [0, 0.1) is 6.92 Å². The number of benzene rings is 1. The number of carbonyl (C=O) groups is 1. The van der Waals surface area contributed by atoms with Crippen molar-refractivity contribution in [2.24, 2.45) is 5.10 Å². The summed E-state index contributed by atoms with van der Waals surface area (Å²) in [5.74, 6) is -0.541. The van der Waals surface area contributed by atoms with Gasteiger partial charge in [0.1, 0.15) is 6.54 Å². The molecule has 0 saturated carbocycles. The van der Waals surface area contributed by atoms with Crippen LogP contribution in [0.5, 0.6) is 0 Å². The van der Waals surface area contributed by atoms with Gasteiger partial charge in [0, 0.05) is 18.0 Å². The molecule has 2 rings (SSSR count). The molecule has 1 heterocycles. The zero-order valence-corrected chi connectivity index (χ0v) is 14.2. The number of carbonyl (C=O) groups excluding carboxylic acids is 1. The molecule has 0 bridgehead atoms. The summed E-state index contributed by atoms with van der Waals surface area (Å²) in [6.45, 7) is 1.54. The van der Waals surface area contributed by atoms with Gasteiger partial charge < -0.3 is 0 Å². The van der Waals surface area contributed by atoms with Gasteiger partial charge in [-0.1, -0.05) is 23.8 Å². The van der Waals surface area contributed by atoms with Crippen LogP contribution in [0.4, 0.5) is 5.69 Å². The van der Waals surface area contributed by atoms with E-state index in [0.29, 0.717) is 5.69 Å². The van der Waals surface area contributed by atoms with E-state index < -0.39 is 15.9 Å². The standard InChI is InChI=1S/C16H18N4O3S/c1-13-5-7-15(8-6-13)20(24(2,22)23)12-16(21)19-18-11-14-4-3-9-17-10-14/h3-11H,12H2,1-2H3,(H,19,21)/b18-11-. The van der Waals surface area contributed by atoms with Crippen LogP contribution in [0.2, 0.25) is 0 Å². The maximum absolute atomic E-state index is 12.0. The smallest absolute Gasteiger partial charge is 0.260 e. The number of hydrogen-bond donors (Lipinski definition) is 1. The molecule has 0 unspecified atom stereocenters. The fourth-order valence-corrected chi connectivity index (χ4v) is 2.76. The fraction of sp³-hybridized carbons (Fsp3) is 0.188. The molecule has 1 aromatic carbocycles. The first-order valence-electron chi connectivity index (χ1n) is 7.12. The van der Waals surface area contributed by atoms with Crippen molar-refractivity contribution in [1.29, 1.82) is 0 Å². The van der Waals surface area contributed by atoms with Gasteiger partial charge in [0.25, 0.3) is 5.91 Å². The highest BCUT2D eigenvalue weighted by Crippen LogP contribution is 2.17. The van der Waals surface area contributed by atoms with E-state index in [-0.39, 0.29) is 6.54 Å². The van der Waals surface area contributed by atoms with Crippen molar-refractivity contribution in [1.82, 2.24) is 10.4 Å². The molecule has 8 heteroatoms. The van der Waals surface area contributed by atoms with Gasteiger partial charge in [-0.25, -0.2) is 13.8 Å². The second-order valence-corrected chi connectivity index (χ2v) is 7.09. The van der Waals surface area contributed by atoms with E-state index in [2.05, 4.69) is 15.5 Å². The second-order valence-electron chi connectivity index (χ2n) is 5.18.